The molecule has 0 bridgehead atoms. The predicted octanol–water partition coefficient (Wildman–Crippen LogP) is 8.61. The second kappa shape index (κ2) is 17.1. The summed E-state index contributed by atoms with van der Waals surface area (Å²) in [5.41, 5.74) is 14.3. The van der Waals surface area contributed by atoms with Crippen molar-refractivity contribution in [1.82, 2.24) is 9.80 Å². The van der Waals surface area contributed by atoms with Crippen LogP contribution >= 0.6 is 0 Å². The number of hydrogen-bond acceptors (Lipinski definition) is 9. The van der Waals surface area contributed by atoms with Gasteiger partial charge in [-0.1, -0.05) is 42.0 Å². The van der Waals surface area contributed by atoms with Gasteiger partial charge < -0.3 is 34.5 Å². The van der Waals surface area contributed by atoms with Gasteiger partial charge in [-0.2, -0.15) is 0 Å². The number of nitrogens with zero attached hydrogens (tertiary/aromatic N) is 4. The second-order valence-electron chi connectivity index (χ2n) is 15.1. The maximum absolute atomic E-state index is 13.8. The van der Waals surface area contributed by atoms with Gasteiger partial charge in [-0.25, -0.2) is 0 Å². The van der Waals surface area contributed by atoms with Crippen molar-refractivity contribution in [3.63, 3.8) is 0 Å². The average molecular weight is 780 g/mol. The van der Waals surface area contributed by atoms with Crippen molar-refractivity contribution in [3.8, 4) is 23.0 Å². The molecule has 0 aliphatic carbocycles. The summed E-state index contributed by atoms with van der Waals surface area (Å²) in [5.74, 6) is 2.38. The number of nitrogens with two attached hydrogens (primary N) is 1. The summed E-state index contributed by atoms with van der Waals surface area (Å²) >= 11 is 0. The van der Waals surface area contributed by atoms with E-state index < -0.39 is 0 Å². The lowest BCUT2D eigenvalue weighted by Crippen LogP contribution is -2.32. The number of hydrogen-bond donors (Lipinski definition) is 1. The lowest BCUT2D eigenvalue weighted by Gasteiger charge is -2.19. The number of unbranched alkanes of at least 4 members (excludes halogenated alkanes) is 2. The standard InChI is InChI=1S/C47H49N5O6/c1-30-8-10-32(11-9-30)34-21-36-26-49-41-24-43(31(2)20-39(41)46(53)51(36)28-34)57-17-5-4-6-18-58-45-25-42-40(23-44(45)55-3)47(54)52-29-35(22-37(52)27-50-42)33-12-14-38(15-13-33)56-19-7-16-48/h8-15,20,23-29,36-37H,4-7,16-19,21-22,48H2,1-3H3/t36-,37-/m0/s1. The molecule has 0 aromatic heterocycles. The summed E-state index contributed by atoms with van der Waals surface area (Å²) in [4.78, 5) is 40.5. The molecule has 298 valence electrons. The van der Waals surface area contributed by atoms with Crippen molar-refractivity contribution in [2.45, 2.75) is 64.5 Å². The number of carbonyl (C=O) groups excluding carboxylic acids is 2. The average Bonchev–Trinajstić information content (AvgIpc) is 3.82. The summed E-state index contributed by atoms with van der Waals surface area (Å²) in [5, 5.41) is 0. The largest absolute Gasteiger partial charge is 0.494 e. The molecule has 2 amide bonds. The maximum Gasteiger partial charge on any atom is 0.260 e. The summed E-state index contributed by atoms with van der Waals surface area (Å²) in [6.07, 6.45) is 12.3. The Morgan fingerprint density at radius 1 is 0.638 bits per heavy atom. The molecule has 58 heavy (non-hydrogen) atoms. The topological polar surface area (TPSA) is 128 Å². The zero-order valence-electron chi connectivity index (χ0n) is 33.3. The molecule has 0 saturated carbocycles. The molecule has 11 heteroatoms. The summed E-state index contributed by atoms with van der Waals surface area (Å²) < 4.78 is 23.8. The van der Waals surface area contributed by atoms with Crippen LogP contribution in [0.1, 0.15) is 81.5 Å². The number of ether oxygens (including phenoxy) is 4. The zero-order chi connectivity index (χ0) is 40.2. The van der Waals surface area contributed by atoms with Gasteiger partial charge in [-0.3, -0.25) is 19.6 Å². The van der Waals surface area contributed by atoms with Crippen molar-refractivity contribution < 1.29 is 28.5 Å². The number of fused-ring (bicyclic) bond motifs is 4. The summed E-state index contributed by atoms with van der Waals surface area (Å²) in [6, 6.07) is 23.3. The van der Waals surface area contributed by atoms with Crippen LogP contribution < -0.4 is 24.7 Å². The Hall–Kier alpha value is -6.20. The quantitative estimate of drug-likeness (QED) is 0.120. The lowest BCUT2D eigenvalue weighted by molar-refractivity contribution is 0.0809. The Labute approximate surface area is 339 Å². The fourth-order valence-corrected chi connectivity index (χ4v) is 7.71. The number of rotatable bonds is 15. The van der Waals surface area contributed by atoms with Gasteiger partial charge in [0.05, 0.1) is 61.5 Å². The predicted molar refractivity (Wildman–Crippen MR) is 227 cm³/mol. The molecule has 0 saturated heterocycles. The summed E-state index contributed by atoms with van der Waals surface area (Å²) in [7, 11) is 1.57. The first-order valence-electron chi connectivity index (χ1n) is 20.1. The number of aliphatic imine (C=N–C) groups is 2. The van der Waals surface area contributed by atoms with E-state index in [4.69, 9.17) is 34.7 Å². The zero-order valence-corrected chi connectivity index (χ0v) is 33.3. The number of benzene rings is 4. The highest BCUT2D eigenvalue weighted by molar-refractivity contribution is 6.06. The Morgan fingerprint density at radius 2 is 1.17 bits per heavy atom. The van der Waals surface area contributed by atoms with E-state index in [2.05, 4.69) is 31.2 Å². The third kappa shape index (κ3) is 8.13. The van der Waals surface area contributed by atoms with Gasteiger partial charge in [0.25, 0.3) is 11.8 Å². The molecule has 0 radical (unpaired) electrons. The molecule has 0 spiro atoms. The monoisotopic (exact) mass is 779 g/mol. The van der Waals surface area contributed by atoms with Gasteiger partial charge in [0.15, 0.2) is 11.5 Å². The van der Waals surface area contributed by atoms with Crippen LogP contribution in [0.2, 0.25) is 0 Å². The van der Waals surface area contributed by atoms with Crippen LogP contribution in [0, 0.1) is 13.8 Å². The van der Waals surface area contributed by atoms with E-state index in [1.807, 2.05) is 68.2 Å². The first-order valence-corrected chi connectivity index (χ1v) is 20.1. The van der Waals surface area contributed by atoms with E-state index in [1.165, 1.54) is 5.56 Å². The van der Waals surface area contributed by atoms with Crippen molar-refractivity contribution in [3.05, 3.63) is 119 Å². The fourth-order valence-electron chi connectivity index (χ4n) is 7.71. The van der Waals surface area contributed by atoms with Gasteiger partial charge in [0.2, 0.25) is 0 Å². The van der Waals surface area contributed by atoms with E-state index in [0.717, 1.165) is 71.4 Å². The van der Waals surface area contributed by atoms with Crippen LogP contribution in [-0.2, 0) is 0 Å². The smallest absolute Gasteiger partial charge is 0.260 e. The Kier molecular flexibility index (Phi) is 11.4. The Balaban J connectivity index is 0.826. The normalized spacial score (nSPS) is 17.8. The highest BCUT2D eigenvalue weighted by Gasteiger charge is 2.35. The molecule has 4 aliphatic heterocycles. The highest BCUT2D eigenvalue weighted by atomic mass is 16.5. The molecule has 11 nitrogen and oxygen atoms in total. The van der Waals surface area contributed by atoms with Crippen molar-refractivity contribution >= 4 is 46.8 Å². The molecular formula is C47H49N5O6. The number of aryl methyl sites for hydroxylation is 2. The van der Waals surface area contributed by atoms with E-state index in [1.54, 1.807) is 29.0 Å². The molecule has 2 atom stereocenters. The minimum atomic E-state index is -0.189. The Morgan fingerprint density at radius 3 is 1.76 bits per heavy atom. The molecule has 8 rings (SSSR count). The highest BCUT2D eigenvalue weighted by Crippen LogP contribution is 2.41. The molecule has 4 aromatic rings. The van der Waals surface area contributed by atoms with Crippen LogP contribution in [0.3, 0.4) is 0 Å². The van der Waals surface area contributed by atoms with Gasteiger partial charge in [-0.15, -0.1) is 0 Å². The van der Waals surface area contributed by atoms with E-state index >= 15 is 0 Å². The van der Waals surface area contributed by atoms with Crippen molar-refractivity contribution in [2.24, 2.45) is 15.7 Å². The number of methoxy groups -OCH3 is 1. The van der Waals surface area contributed by atoms with Crippen molar-refractivity contribution in [1.29, 1.82) is 0 Å². The summed E-state index contributed by atoms with van der Waals surface area (Å²) in [6.45, 7) is 6.20. The molecule has 4 aliphatic rings. The number of amides is 2. The van der Waals surface area contributed by atoms with E-state index in [9.17, 15) is 9.59 Å². The minimum Gasteiger partial charge on any atom is -0.494 e. The third-order valence-electron chi connectivity index (χ3n) is 11.0. The first-order chi connectivity index (χ1) is 28.3. The molecule has 4 aromatic carbocycles. The molecule has 0 fully saturated rings. The van der Waals surface area contributed by atoms with Crippen molar-refractivity contribution in [2.75, 3.05) is 33.5 Å². The van der Waals surface area contributed by atoms with Crippen LogP contribution in [0.5, 0.6) is 23.0 Å². The minimum absolute atomic E-state index is 0.0473. The maximum atomic E-state index is 13.8. The van der Waals surface area contributed by atoms with E-state index in [0.29, 0.717) is 66.8 Å². The molecule has 2 N–H and O–H groups in total. The fraction of sp³-hybridized carbons (Fsp3) is 0.319. The van der Waals surface area contributed by atoms with Gasteiger partial charge >= 0.3 is 0 Å². The molecular weight excluding hydrogens is 731 g/mol. The van der Waals surface area contributed by atoms with Crippen LogP contribution in [0.25, 0.3) is 11.1 Å². The van der Waals surface area contributed by atoms with E-state index in [-0.39, 0.29) is 23.9 Å². The number of carbonyl (C=O) groups is 2. The van der Waals surface area contributed by atoms with Gasteiger partial charge in [0.1, 0.15) is 11.5 Å². The van der Waals surface area contributed by atoms with Crippen LogP contribution in [0.4, 0.5) is 11.4 Å². The molecule has 4 heterocycles. The lowest BCUT2D eigenvalue weighted by atomic mass is 10.0. The second-order valence-corrected chi connectivity index (χ2v) is 15.1. The molecule has 0 unspecified atom stereocenters. The Bertz CT molecular complexity index is 2310. The van der Waals surface area contributed by atoms with Gasteiger partial charge in [-0.05, 0) is 98.2 Å². The first kappa shape index (κ1) is 38.7. The van der Waals surface area contributed by atoms with Gasteiger partial charge in [0, 0.05) is 49.8 Å². The SMILES string of the molecule is COc1cc2c(cc1OCCCCCOc1cc3c(cc1C)C(=O)N1C=C(c4ccc(C)cc4)C[C@H]1C=N3)N=C[C@@H]1CC(c3ccc(OCCCN)cc3)=CN1C2=O. The van der Waals surface area contributed by atoms with Crippen LogP contribution in [0.15, 0.2) is 95.2 Å². The third-order valence-corrected chi connectivity index (χ3v) is 11.0. The van der Waals surface area contributed by atoms with Crippen LogP contribution in [-0.4, -0.2) is 79.6 Å².